The normalized spacial score (nSPS) is 12.1. The molecule has 9 heteroatoms. The number of hydrogen-bond acceptors (Lipinski definition) is 7. The molecule has 138 valence electrons. The first-order valence-electron chi connectivity index (χ1n) is 7.52. The van der Waals surface area contributed by atoms with Gasteiger partial charge in [0.15, 0.2) is 9.84 Å². The van der Waals surface area contributed by atoms with Gasteiger partial charge in [-0.1, -0.05) is 18.2 Å². The lowest BCUT2D eigenvalue weighted by molar-refractivity contribution is -0.145. The molecule has 0 aliphatic rings. The standard InChI is InChI=1S/C16H21NO7S/c1-23-15(19)9-8-14(18)17-13(16(20)24-2)10-11-25(21,22)12-6-4-3-5-7-12/h3-7,13H,8-11H2,1-2H3,(H,17,18)/t13-/m1/s1. The summed E-state index contributed by atoms with van der Waals surface area (Å²) in [5, 5.41) is 2.39. The van der Waals surface area contributed by atoms with Gasteiger partial charge in [0.1, 0.15) is 6.04 Å². The van der Waals surface area contributed by atoms with Crippen molar-refractivity contribution >= 4 is 27.7 Å². The fraction of sp³-hybridized carbons (Fsp3) is 0.438. The molecule has 1 amide bonds. The van der Waals surface area contributed by atoms with Gasteiger partial charge in [-0.05, 0) is 18.6 Å². The summed E-state index contributed by atoms with van der Waals surface area (Å²) >= 11 is 0. The fourth-order valence-corrected chi connectivity index (χ4v) is 3.35. The van der Waals surface area contributed by atoms with E-state index in [0.29, 0.717) is 0 Å². The lowest BCUT2D eigenvalue weighted by atomic mass is 10.2. The second kappa shape index (κ2) is 9.77. The minimum Gasteiger partial charge on any atom is -0.469 e. The van der Waals surface area contributed by atoms with Crippen LogP contribution in [0.5, 0.6) is 0 Å². The van der Waals surface area contributed by atoms with E-state index in [1.807, 2.05) is 0 Å². The number of carbonyl (C=O) groups is 3. The van der Waals surface area contributed by atoms with Gasteiger partial charge in [-0.25, -0.2) is 13.2 Å². The highest BCUT2D eigenvalue weighted by Crippen LogP contribution is 2.12. The smallest absolute Gasteiger partial charge is 0.328 e. The Labute approximate surface area is 146 Å². The molecule has 0 unspecified atom stereocenters. The van der Waals surface area contributed by atoms with Crippen molar-refractivity contribution in [1.82, 2.24) is 5.32 Å². The topological polar surface area (TPSA) is 116 Å². The molecule has 0 radical (unpaired) electrons. The number of sulfone groups is 1. The van der Waals surface area contributed by atoms with Gasteiger partial charge in [-0.2, -0.15) is 0 Å². The molecule has 0 fully saturated rings. The van der Waals surface area contributed by atoms with Crippen LogP contribution in [0.3, 0.4) is 0 Å². The lowest BCUT2D eigenvalue weighted by Gasteiger charge is -2.16. The Hall–Kier alpha value is -2.42. The maximum absolute atomic E-state index is 12.3. The summed E-state index contributed by atoms with van der Waals surface area (Å²) in [5.74, 6) is -2.22. The molecule has 0 spiro atoms. The zero-order valence-electron chi connectivity index (χ0n) is 14.1. The van der Waals surface area contributed by atoms with Gasteiger partial charge in [0, 0.05) is 6.42 Å². The van der Waals surface area contributed by atoms with Crippen LogP contribution < -0.4 is 5.32 Å². The summed E-state index contributed by atoms with van der Waals surface area (Å²) < 4.78 is 33.5. The molecule has 1 atom stereocenters. The Morgan fingerprint density at radius 2 is 1.68 bits per heavy atom. The zero-order valence-corrected chi connectivity index (χ0v) is 14.9. The van der Waals surface area contributed by atoms with E-state index in [0.717, 1.165) is 7.11 Å². The summed E-state index contributed by atoms with van der Waals surface area (Å²) in [6.45, 7) is 0. The molecule has 0 aromatic heterocycles. The van der Waals surface area contributed by atoms with Gasteiger partial charge in [-0.15, -0.1) is 0 Å². The van der Waals surface area contributed by atoms with Crippen molar-refractivity contribution in [2.45, 2.75) is 30.2 Å². The summed E-state index contributed by atoms with van der Waals surface area (Å²) in [6.07, 6.45) is -0.460. The second-order valence-electron chi connectivity index (χ2n) is 5.14. The molecule has 0 aliphatic carbocycles. The molecule has 0 bridgehead atoms. The number of benzene rings is 1. The molecule has 1 aromatic rings. The number of methoxy groups -OCH3 is 2. The summed E-state index contributed by atoms with van der Waals surface area (Å²) in [6, 6.07) is 6.68. The molecular weight excluding hydrogens is 350 g/mol. The highest BCUT2D eigenvalue weighted by molar-refractivity contribution is 7.91. The number of nitrogens with one attached hydrogen (secondary N) is 1. The van der Waals surface area contributed by atoms with Crippen LogP contribution in [0.4, 0.5) is 0 Å². The van der Waals surface area contributed by atoms with Crippen LogP contribution >= 0.6 is 0 Å². The maximum Gasteiger partial charge on any atom is 0.328 e. The third kappa shape index (κ3) is 6.92. The van der Waals surface area contributed by atoms with Crippen LogP contribution in [0, 0.1) is 0 Å². The Morgan fingerprint density at radius 1 is 1.04 bits per heavy atom. The quantitative estimate of drug-likeness (QED) is 0.627. The molecule has 1 N–H and O–H groups in total. The number of rotatable bonds is 9. The average Bonchev–Trinajstić information content (AvgIpc) is 2.63. The third-order valence-corrected chi connectivity index (χ3v) is 5.15. The van der Waals surface area contributed by atoms with Gasteiger partial charge >= 0.3 is 11.9 Å². The SMILES string of the molecule is COC(=O)CCC(=O)N[C@H](CCS(=O)(=O)c1ccccc1)C(=O)OC. The monoisotopic (exact) mass is 371 g/mol. The highest BCUT2D eigenvalue weighted by Gasteiger charge is 2.25. The minimum absolute atomic E-state index is 0.135. The van der Waals surface area contributed by atoms with Crippen molar-refractivity contribution in [3.05, 3.63) is 30.3 Å². The Balaban J connectivity index is 2.69. The van der Waals surface area contributed by atoms with Crippen LogP contribution in [0.25, 0.3) is 0 Å². The predicted octanol–water partition coefficient (Wildman–Crippen LogP) is 0.461. The third-order valence-electron chi connectivity index (χ3n) is 3.38. The molecule has 1 rings (SSSR count). The molecule has 25 heavy (non-hydrogen) atoms. The van der Waals surface area contributed by atoms with E-state index in [9.17, 15) is 22.8 Å². The number of amides is 1. The number of esters is 2. The Morgan fingerprint density at radius 3 is 2.24 bits per heavy atom. The first-order chi connectivity index (χ1) is 11.8. The van der Waals surface area contributed by atoms with E-state index in [-0.39, 0.29) is 29.9 Å². The minimum atomic E-state index is -3.60. The Kier molecular flexibility index (Phi) is 8.06. The van der Waals surface area contributed by atoms with Crippen LogP contribution in [0.2, 0.25) is 0 Å². The molecule has 0 heterocycles. The maximum atomic E-state index is 12.3. The van der Waals surface area contributed by atoms with Gasteiger partial charge in [0.2, 0.25) is 5.91 Å². The summed E-state index contributed by atoms with van der Waals surface area (Å²) in [7, 11) is -1.25. The van der Waals surface area contributed by atoms with Crippen LogP contribution in [-0.4, -0.2) is 52.3 Å². The zero-order chi connectivity index (χ0) is 18.9. The van der Waals surface area contributed by atoms with E-state index < -0.39 is 33.7 Å². The molecule has 0 saturated carbocycles. The van der Waals surface area contributed by atoms with Crippen molar-refractivity contribution in [1.29, 1.82) is 0 Å². The van der Waals surface area contributed by atoms with Gasteiger partial charge in [-0.3, -0.25) is 9.59 Å². The van der Waals surface area contributed by atoms with E-state index in [2.05, 4.69) is 14.8 Å². The van der Waals surface area contributed by atoms with Crippen LogP contribution in [-0.2, 0) is 33.7 Å². The van der Waals surface area contributed by atoms with Gasteiger partial charge < -0.3 is 14.8 Å². The molecule has 0 aliphatic heterocycles. The van der Waals surface area contributed by atoms with Crippen molar-refractivity contribution in [3.63, 3.8) is 0 Å². The first kappa shape index (κ1) is 20.6. The van der Waals surface area contributed by atoms with Crippen molar-refractivity contribution in [3.8, 4) is 0 Å². The molecule has 8 nitrogen and oxygen atoms in total. The summed E-state index contributed by atoms with van der Waals surface area (Å²) in [5.41, 5.74) is 0. The van der Waals surface area contributed by atoms with E-state index in [1.54, 1.807) is 18.2 Å². The van der Waals surface area contributed by atoms with E-state index >= 15 is 0 Å². The highest BCUT2D eigenvalue weighted by atomic mass is 32.2. The number of ether oxygens (including phenoxy) is 2. The second-order valence-corrected chi connectivity index (χ2v) is 7.25. The van der Waals surface area contributed by atoms with E-state index in [1.165, 1.54) is 19.2 Å². The molecule has 1 aromatic carbocycles. The predicted molar refractivity (Wildman–Crippen MR) is 88.3 cm³/mol. The summed E-state index contributed by atoms with van der Waals surface area (Å²) in [4.78, 5) is 34.8. The largest absolute Gasteiger partial charge is 0.469 e. The first-order valence-corrected chi connectivity index (χ1v) is 9.17. The Bertz CT molecular complexity index is 700. The number of carbonyl (C=O) groups excluding carboxylic acids is 3. The number of hydrogen-bond donors (Lipinski definition) is 1. The average molecular weight is 371 g/mol. The van der Waals surface area contributed by atoms with Crippen LogP contribution in [0.1, 0.15) is 19.3 Å². The van der Waals surface area contributed by atoms with Crippen molar-refractivity contribution in [2.24, 2.45) is 0 Å². The van der Waals surface area contributed by atoms with Crippen LogP contribution in [0.15, 0.2) is 35.2 Å². The van der Waals surface area contributed by atoms with Crippen molar-refractivity contribution in [2.75, 3.05) is 20.0 Å². The molecular formula is C16H21NO7S. The van der Waals surface area contributed by atoms with E-state index in [4.69, 9.17) is 0 Å². The lowest BCUT2D eigenvalue weighted by Crippen LogP contribution is -2.42. The van der Waals surface area contributed by atoms with Gasteiger partial charge in [0.05, 0.1) is 31.3 Å². The van der Waals surface area contributed by atoms with Gasteiger partial charge in [0.25, 0.3) is 0 Å². The fourth-order valence-electron chi connectivity index (χ4n) is 1.99. The molecule has 0 saturated heterocycles. The van der Waals surface area contributed by atoms with Crippen molar-refractivity contribution < 1.29 is 32.3 Å².